The normalized spacial score (nSPS) is 23.0. The van der Waals surface area contributed by atoms with Crippen molar-refractivity contribution in [2.24, 2.45) is 5.92 Å². The van der Waals surface area contributed by atoms with E-state index in [1.807, 2.05) is 4.90 Å². The van der Waals surface area contributed by atoms with Crippen LogP contribution in [0.2, 0.25) is 0 Å². The number of carbonyl (C=O) groups is 3. The number of carboxylic acids is 1. The number of hydrogen-bond donors (Lipinski definition) is 2. The first kappa shape index (κ1) is 18.9. The van der Waals surface area contributed by atoms with Gasteiger partial charge in [0.2, 0.25) is 11.8 Å². The Morgan fingerprint density at radius 2 is 2.00 bits per heavy atom. The molecule has 0 bridgehead atoms. The van der Waals surface area contributed by atoms with Crippen LogP contribution in [0.15, 0.2) is 11.4 Å². The summed E-state index contributed by atoms with van der Waals surface area (Å²) in [4.78, 5) is 39.3. The number of fused-ring (bicyclic) bond motifs is 1. The van der Waals surface area contributed by atoms with Crippen molar-refractivity contribution in [2.45, 2.75) is 64.0 Å². The highest BCUT2D eigenvalue weighted by Gasteiger charge is 2.30. The summed E-state index contributed by atoms with van der Waals surface area (Å²) in [5, 5.41) is 14.3. The van der Waals surface area contributed by atoms with Crippen LogP contribution in [-0.2, 0) is 27.3 Å². The van der Waals surface area contributed by atoms with E-state index in [4.69, 9.17) is 0 Å². The Hall–Kier alpha value is -1.89. The molecular weight excluding hydrogens is 352 g/mol. The van der Waals surface area contributed by atoms with Crippen molar-refractivity contribution in [2.75, 3.05) is 6.54 Å². The van der Waals surface area contributed by atoms with Crippen molar-refractivity contribution in [3.05, 3.63) is 21.9 Å². The third-order valence-corrected chi connectivity index (χ3v) is 6.43. The topological polar surface area (TPSA) is 86.7 Å². The number of nitrogens with zero attached hydrogens (tertiary/aromatic N) is 1. The molecule has 0 unspecified atom stereocenters. The molecule has 1 aromatic rings. The fraction of sp³-hybridized carbons (Fsp3) is 0.632. The van der Waals surface area contributed by atoms with Crippen molar-refractivity contribution in [3.63, 3.8) is 0 Å². The highest BCUT2D eigenvalue weighted by molar-refractivity contribution is 7.10. The highest BCUT2D eigenvalue weighted by atomic mass is 32.1. The third kappa shape index (κ3) is 4.63. The molecule has 0 aromatic carbocycles. The number of amides is 2. The molecule has 1 aromatic heterocycles. The lowest BCUT2D eigenvalue weighted by Gasteiger charge is -2.27. The summed E-state index contributed by atoms with van der Waals surface area (Å²) in [5.41, 5.74) is 1.21. The minimum Gasteiger partial charge on any atom is -0.481 e. The second-order valence-corrected chi connectivity index (χ2v) is 8.19. The minimum atomic E-state index is -0.840. The lowest BCUT2D eigenvalue weighted by Crippen LogP contribution is -2.43. The quantitative estimate of drug-likeness (QED) is 0.771. The van der Waals surface area contributed by atoms with Gasteiger partial charge in [-0.25, -0.2) is 0 Å². The first-order valence-corrected chi connectivity index (χ1v) is 10.3. The largest absolute Gasteiger partial charge is 0.481 e. The number of carbonyl (C=O) groups excluding carboxylic acids is 2. The molecule has 1 saturated carbocycles. The number of thiophene rings is 1. The van der Waals surface area contributed by atoms with Crippen LogP contribution in [0.25, 0.3) is 0 Å². The average molecular weight is 378 g/mol. The van der Waals surface area contributed by atoms with E-state index in [1.54, 1.807) is 11.3 Å². The maximum atomic E-state index is 12.4. The van der Waals surface area contributed by atoms with Gasteiger partial charge < -0.3 is 15.3 Å². The first-order valence-electron chi connectivity index (χ1n) is 9.40. The zero-order valence-corrected chi connectivity index (χ0v) is 15.7. The molecule has 2 atom stereocenters. The Morgan fingerprint density at radius 3 is 2.81 bits per heavy atom. The van der Waals surface area contributed by atoms with E-state index in [2.05, 4.69) is 16.8 Å². The number of rotatable bonds is 5. The van der Waals surface area contributed by atoms with E-state index in [9.17, 15) is 19.5 Å². The van der Waals surface area contributed by atoms with E-state index in [-0.39, 0.29) is 30.7 Å². The van der Waals surface area contributed by atoms with Gasteiger partial charge in [-0.1, -0.05) is 19.3 Å². The maximum Gasteiger partial charge on any atom is 0.308 e. The minimum absolute atomic E-state index is 0.00680. The molecule has 2 aliphatic rings. The molecule has 1 aliphatic heterocycles. The zero-order valence-electron chi connectivity index (χ0n) is 14.9. The number of hydrogen-bond acceptors (Lipinski definition) is 4. The standard InChI is InChI=1S/C19H26N2O4S/c22-17(20-15-5-3-1-2-4-14(15)19(24)25)6-7-18(23)21-10-8-16-13(12-21)9-11-26-16/h9,11,14-15H,1-8,10,12H2,(H,20,22)(H,24,25)/t14-,15+/m1/s1. The summed E-state index contributed by atoms with van der Waals surface area (Å²) in [6.07, 6.45) is 5.32. The second kappa shape index (κ2) is 8.66. The molecule has 0 spiro atoms. The van der Waals surface area contributed by atoms with E-state index < -0.39 is 11.9 Å². The Labute approximate surface area is 157 Å². The van der Waals surface area contributed by atoms with Crippen LogP contribution in [0, 0.1) is 5.92 Å². The van der Waals surface area contributed by atoms with Crippen molar-refractivity contribution in [1.82, 2.24) is 10.2 Å². The molecule has 0 radical (unpaired) electrons. The van der Waals surface area contributed by atoms with Gasteiger partial charge in [-0.05, 0) is 36.3 Å². The van der Waals surface area contributed by atoms with Gasteiger partial charge in [-0.3, -0.25) is 14.4 Å². The predicted molar refractivity (Wildman–Crippen MR) is 98.8 cm³/mol. The van der Waals surface area contributed by atoms with Gasteiger partial charge in [0.1, 0.15) is 0 Å². The van der Waals surface area contributed by atoms with Crippen LogP contribution in [0.3, 0.4) is 0 Å². The summed E-state index contributed by atoms with van der Waals surface area (Å²) in [6.45, 7) is 1.33. The van der Waals surface area contributed by atoms with Gasteiger partial charge in [-0.2, -0.15) is 0 Å². The Bertz CT molecular complexity index is 672. The highest BCUT2D eigenvalue weighted by Crippen LogP contribution is 2.25. The molecule has 6 nitrogen and oxygen atoms in total. The number of nitrogens with one attached hydrogen (secondary N) is 1. The monoisotopic (exact) mass is 378 g/mol. The van der Waals surface area contributed by atoms with Crippen LogP contribution in [0.1, 0.15) is 55.4 Å². The molecule has 0 saturated heterocycles. The molecule has 142 valence electrons. The van der Waals surface area contributed by atoms with Crippen LogP contribution in [0.4, 0.5) is 0 Å². The molecule has 1 fully saturated rings. The van der Waals surface area contributed by atoms with Crippen molar-refractivity contribution < 1.29 is 19.5 Å². The molecular formula is C19H26N2O4S. The van der Waals surface area contributed by atoms with Gasteiger partial charge in [0, 0.05) is 36.9 Å². The fourth-order valence-electron chi connectivity index (χ4n) is 3.89. The predicted octanol–water partition coefficient (Wildman–Crippen LogP) is 2.56. The van der Waals surface area contributed by atoms with Crippen LogP contribution < -0.4 is 5.32 Å². The van der Waals surface area contributed by atoms with E-state index in [0.29, 0.717) is 25.9 Å². The molecule has 2 N–H and O–H groups in total. The molecule has 3 rings (SSSR count). The number of carboxylic acid groups (broad SMARTS) is 1. The third-order valence-electron chi connectivity index (χ3n) is 5.41. The summed E-state index contributed by atoms with van der Waals surface area (Å²) < 4.78 is 0. The Morgan fingerprint density at radius 1 is 1.19 bits per heavy atom. The Kier molecular flexibility index (Phi) is 6.29. The van der Waals surface area contributed by atoms with E-state index >= 15 is 0 Å². The van der Waals surface area contributed by atoms with Gasteiger partial charge in [0.05, 0.1) is 5.92 Å². The van der Waals surface area contributed by atoms with Crippen molar-refractivity contribution in [1.29, 1.82) is 0 Å². The van der Waals surface area contributed by atoms with Gasteiger partial charge in [0.15, 0.2) is 0 Å². The molecule has 7 heteroatoms. The smallest absolute Gasteiger partial charge is 0.308 e. The first-order chi connectivity index (χ1) is 12.5. The van der Waals surface area contributed by atoms with E-state index in [0.717, 1.165) is 25.7 Å². The van der Waals surface area contributed by atoms with Crippen molar-refractivity contribution in [3.8, 4) is 0 Å². The Balaban J connectivity index is 1.47. The van der Waals surface area contributed by atoms with Gasteiger partial charge in [0.25, 0.3) is 0 Å². The lowest BCUT2D eigenvalue weighted by atomic mass is 9.94. The fourth-order valence-corrected chi connectivity index (χ4v) is 4.78. The van der Waals surface area contributed by atoms with Crippen LogP contribution >= 0.6 is 11.3 Å². The molecule has 1 aliphatic carbocycles. The van der Waals surface area contributed by atoms with Gasteiger partial charge >= 0.3 is 5.97 Å². The summed E-state index contributed by atoms with van der Waals surface area (Å²) >= 11 is 1.73. The maximum absolute atomic E-state index is 12.4. The van der Waals surface area contributed by atoms with Crippen LogP contribution in [0.5, 0.6) is 0 Å². The zero-order chi connectivity index (χ0) is 18.5. The second-order valence-electron chi connectivity index (χ2n) is 7.19. The SMILES string of the molecule is O=C(CCC(=O)N1CCc2sccc2C1)N[C@H]1CCCCC[C@H]1C(=O)O. The average Bonchev–Trinajstić information content (AvgIpc) is 2.97. The summed E-state index contributed by atoms with van der Waals surface area (Å²) in [7, 11) is 0. The molecule has 26 heavy (non-hydrogen) atoms. The van der Waals surface area contributed by atoms with Crippen LogP contribution in [-0.4, -0.2) is 40.4 Å². The summed E-state index contributed by atoms with van der Waals surface area (Å²) in [5.74, 6) is -1.58. The summed E-state index contributed by atoms with van der Waals surface area (Å²) in [6, 6.07) is 1.74. The molecule has 2 heterocycles. The van der Waals surface area contributed by atoms with Crippen molar-refractivity contribution >= 4 is 29.1 Å². The van der Waals surface area contributed by atoms with E-state index in [1.165, 1.54) is 10.4 Å². The number of aliphatic carboxylic acids is 1. The molecule has 2 amide bonds. The lowest BCUT2D eigenvalue weighted by molar-refractivity contribution is -0.143. The van der Waals surface area contributed by atoms with Gasteiger partial charge in [-0.15, -0.1) is 11.3 Å².